The second-order valence-electron chi connectivity index (χ2n) is 11.0. The van der Waals surface area contributed by atoms with Crippen LogP contribution in [-0.4, -0.2) is 73.4 Å². The van der Waals surface area contributed by atoms with Gasteiger partial charge in [0.25, 0.3) is 0 Å². The number of hydrogen-bond donors (Lipinski definition) is 1. The first-order chi connectivity index (χ1) is 17.6. The molecule has 9 nitrogen and oxygen atoms in total. The van der Waals surface area contributed by atoms with Crippen molar-refractivity contribution >= 4 is 16.8 Å². The molecule has 3 fully saturated rings. The minimum atomic E-state index is 0.511. The molecule has 7 rings (SSSR count). The highest BCUT2D eigenvalue weighted by atomic mass is 16.5. The number of piperidine rings is 1. The van der Waals surface area contributed by atoms with Gasteiger partial charge in [-0.25, -0.2) is 19.5 Å². The van der Waals surface area contributed by atoms with Crippen molar-refractivity contribution in [2.45, 2.75) is 44.6 Å². The number of nitrogens with one attached hydrogen (secondary N) is 1. The summed E-state index contributed by atoms with van der Waals surface area (Å²) in [6.45, 7) is 7.00. The van der Waals surface area contributed by atoms with Crippen LogP contribution in [0.15, 0.2) is 24.7 Å². The number of methoxy groups -OCH3 is 1. The quantitative estimate of drug-likeness (QED) is 0.474. The van der Waals surface area contributed by atoms with E-state index in [-0.39, 0.29) is 0 Å². The zero-order chi connectivity index (χ0) is 24.4. The number of imidazole rings is 1. The molecule has 2 atom stereocenters. The van der Waals surface area contributed by atoms with E-state index in [0.29, 0.717) is 17.3 Å². The summed E-state index contributed by atoms with van der Waals surface area (Å²) in [6, 6.07) is 5.04. The van der Waals surface area contributed by atoms with Crippen LogP contribution in [0.1, 0.15) is 42.9 Å². The minimum Gasteiger partial charge on any atom is -0.493 e. The van der Waals surface area contributed by atoms with Crippen LogP contribution in [0.3, 0.4) is 0 Å². The smallest absolute Gasteiger partial charge is 0.197 e. The van der Waals surface area contributed by atoms with Crippen LogP contribution >= 0.6 is 0 Å². The second kappa shape index (κ2) is 8.52. The van der Waals surface area contributed by atoms with Crippen molar-refractivity contribution in [3.8, 4) is 17.1 Å². The molecule has 0 spiro atoms. The first kappa shape index (κ1) is 22.2. The van der Waals surface area contributed by atoms with Crippen LogP contribution in [0.4, 0.5) is 0 Å². The van der Waals surface area contributed by atoms with Crippen molar-refractivity contribution in [1.29, 1.82) is 0 Å². The highest BCUT2D eigenvalue weighted by Gasteiger charge is 2.40. The number of pyridine rings is 2. The van der Waals surface area contributed by atoms with E-state index in [2.05, 4.69) is 37.9 Å². The molecule has 4 aromatic rings. The minimum absolute atomic E-state index is 0.511. The molecule has 9 heteroatoms. The normalized spacial score (nSPS) is 25.2. The zero-order valence-electron chi connectivity index (χ0n) is 21.3. The van der Waals surface area contributed by atoms with E-state index in [1.165, 1.54) is 69.4 Å². The lowest BCUT2D eigenvalue weighted by atomic mass is 9.91. The average Bonchev–Trinajstić information content (AvgIpc) is 3.67. The summed E-state index contributed by atoms with van der Waals surface area (Å²) in [4.78, 5) is 17.2. The molecule has 1 N–H and O–H groups in total. The number of likely N-dealkylation sites (tertiary alicyclic amines) is 1. The van der Waals surface area contributed by atoms with Crippen molar-refractivity contribution in [3.05, 3.63) is 35.9 Å². The number of aryl methyl sites for hydroxylation is 2. The van der Waals surface area contributed by atoms with Crippen LogP contribution in [-0.2, 0) is 7.05 Å². The largest absolute Gasteiger partial charge is 0.493 e. The fourth-order valence-corrected chi connectivity index (χ4v) is 6.96. The van der Waals surface area contributed by atoms with Gasteiger partial charge in [-0.1, -0.05) is 0 Å². The third kappa shape index (κ3) is 3.51. The zero-order valence-corrected chi connectivity index (χ0v) is 21.3. The molecule has 188 valence electrons. The fraction of sp³-hybridized carbons (Fsp3) is 0.556. The van der Waals surface area contributed by atoms with E-state index in [4.69, 9.17) is 14.7 Å². The first-order valence-corrected chi connectivity index (χ1v) is 13.3. The third-order valence-corrected chi connectivity index (χ3v) is 8.95. The second-order valence-corrected chi connectivity index (χ2v) is 11.0. The van der Waals surface area contributed by atoms with Gasteiger partial charge in [0.2, 0.25) is 0 Å². The van der Waals surface area contributed by atoms with Gasteiger partial charge in [-0.15, -0.1) is 0 Å². The number of rotatable bonds is 4. The predicted octanol–water partition coefficient (Wildman–Crippen LogP) is 3.17. The molecular formula is C27H34N8O. The molecule has 2 aliphatic heterocycles. The number of nitrogens with zero attached hydrogens (tertiary/aromatic N) is 7. The Morgan fingerprint density at radius 1 is 1.03 bits per heavy atom. The lowest BCUT2D eigenvalue weighted by Gasteiger charge is -2.36. The molecule has 0 aromatic carbocycles. The van der Waals surface area contributed by atoms with Gasteiger partial charge >= 0.3 is 0 Å². The summed E-state index contributed by atoms with van der Waals surface area (Å²) in [5, 5.41) is 7.88. The lowest BCUT2D eigenvalue weighted by Crippen LogP contribution is -2.40. The Morgan fingerprint density at radius 3 is 2.56 bits per heavy atom. The summed E-state index contributed by atoms with van der Waals surface area (Å²) in [5.41, 5.74) is 5.92. The van der Waals surface area contributed by atoms with Crippen LogP contribution in [0, 0.1) is 18.8 Å². The summed E-state index contributed by atoms with van der Waals surface area (Å²) >= 11 is 0. The summed E-state index contributed by atoms with van der Waals surface area (Å²) in [5.74, 6) is 3.85. The first-order valence-electron chi connectivity index (χ1n) is 13.3. The molecular weight excluding hydrogens is 452 g/mol. The molecule has 1 saturated carbocycles. The monoisotopic (exact) mass is 486 g/mol. The maximum atomic E-state index is 5.57. The van der Waals surface area contributed by atoms with Crippen molar-refractivity contribution < 1.29 is 4.74 Å². The number of fused-ring (bicyclic) bond motifs is 3. The lowest BCUT2D eigenvalue weighted by molar-refractivity contribution is 0.147. The molecule has 0 bridgehead atoms. The van der Waals surface area contributed by atoms with Crippen LogP contribution in [0.5, 0.6) is 5.75 Å². The van der Waals surface area contributed by atoms with Crippen molar-refractivity contribution in [1.82, 2.24) is 39.3 Å². The van der Waals surface area contributed by atoms with Crippen LogP contribution in [0.2, 0.25) is 0 Å². The van der Waals surface area contributed by atoms with E-state index in [0.717, 1.165) is 40.4 Å². The van der Waals surface area contributed by atoms with Gasteiger partial charge in [-0.05, 0) is 88.3 Å². The van der Waals surface area contributed by atoms with Gasteiger partial charge in [-0.3, -0.25) is 0 Å². The van der Waals surface area contributed by atoms with Crippen molar-refractivity contribution in [2.24, 2.45) is 18.9 Å². The molecule has 0 amide bonds. The van der Waals surface area contributed by atoms with Gasteiger partial charge in [0.15, 0.2) is 17.0 Å². The molecule has 0 radical (unpaired) electrons. The Kier molecular flexibility index (Phi) is 5.25. The molecule has 4 aromatic heterocycles. The standard InChI is InChI=1S/C27H34N8O/c1-16-8-22(17-4-6-34(7-5-17)21-9-18-12-28-13-19(18)10-21)31-27-24(16)32-25(33(27)2)20-11-23(36-3)26-29-15-30-35(26)14-20/h8,11,14-15,17-19,21,28H,4-7,9-10,12-13H2,1-3H3. The Hall–Kier alpha value is -3.04. The van der Waals surface area contributed by atoms with Gasteiger partial charge in [0.1, 0.15) is 17.7 Å². The van der Waals surface area contributed by atoms with E-state index >= 15 is 0 Å². The maximum absolute atomic E-state index is 5.57. The molecule has 6 heterocycles. The van der Waals surface area contributed by atoms with Crippen LogP contribution < -0.4 is 10.1 Å². The fourth-order valence-electron chi connectivity index (χ4n) is 6.96. The topological polar surface area (TPSA) is 85.4 Å². The van der Waals surface area contributed by atoms with E-state index in [1.54, 1.807) is 11.6 Å². The van der Waals surface area contributed by atoms with Crippen molar-refractivity contribution in [3.63, 3.8) is 0 Å². The van der Waals surface area contributed by atoms with E-state index < -0.39 is 0 Å². The maximum Gasteiger partial charge on any atom is 0.197 e. The van der Waals surface area contributed by atoms with Gasteiger partial charge in [-0.2, -0.15) is 5.10 Å². The molecule has 1 aliphatic carbocycles. The van der Waals surface area contributed by atoms with Crippen molar-refractivity contribution in [2.75, 3.05) is 33.3 Å². The number of aromatic nitrogens is 6. The highest BCUT2D eigenvalue weighted by molar-refractivity contribution is 5.81. The van der Waals surface area contributed by atoms with Gasteiger partial charge in [0, 0.05) is 36.5 Å². The summed E-state index contributed by atoms with van der Waals surface area (Å²) < 4.78 is 9.41. The highest BCUT2D eigenvalue weighted by Crippen LogP contribution is 2.39. The summed E-state index contributed by atoms with van der Waals surface area (Å²) in [6.07, 6.45) is 8.63. The van der Waals surface area contributed by atoms with Crippen LogP contribution in [0.25, 0.3) is 28.2 Å². The Morgan fingerprint density at radius 2 is 1.81 bits per heavy atom. The molecule has 36 heavy (non-hydrogen) atoms. The Balaban J connectivity index is 1.15. The molecule has 3 aliphatic rings. The van der Waals surface area contributed by atoms with Gasteiger partial charge < -0.3 is 19.5 Å². The number of ether oxygens (including phenoxy) is 1. The van der Waals surface area contributed by atoms with E-state index in [1.807, 2.05) is 19.3 Å². The third-order valence-electron chi connectivity index (χ3n) is 8.95. The molecule has 2 saturated heterocycles. The average molecular weight is 487 g/mol. The molecule has 2 unspecified atom stereocenters. The Bertz CT molecular complexity index is 1420. The SMILES string of the molecule is COc1cc(-c2nc3c(C)cc(C4CCN(C5CC6CNCC6C5)CC4)nc3n2C)cn2ncnc12. The Labute approximate surface area is 210 Å². The van der Waals surface area contributed by atoms with E-state index in [9.17, 15) is 0 Å². The van der Waals surface area contributed by atoms with Gasteiger partial charge in [0.05, 0.1) is 7.11 Å². The summed E-state index contributed by atoms with van der Waals surface area (Å²) in [7, 11) is 3.70. The predicted molar refractivity (Wildman–Crippen MR) is 138 cm³/mol. The number of hydrogen-bond acceptors (Lipinski definition) is 7.